The average Bonchev–Trinajstić information content (AvgIpc) is 2.77. The SMILES string of the molecule is CCCCCCCCCCCCCCCCCCOC(=O)C(C)CCCCCCCC. The van der Waals surface area contributed by atoms with Crippen LogP contribution in [0.5, 0.6) is 0 Å². The lowest BCUT2D eigenvalue weighted by Gasteiger charge is -2.11. The molecule has 0 spiro atoms. The van der Waals surface area contributed by atoms with Gasteiger partial charge in [0.15, 0.2) is 0 Å². The van der Waals surface area contributed by atoms with Crippen molar-refractivity contribution in [1.82, 2.24) is 0 Å². The molecule has 0 aromatic rings. The molecule has 0 heterocycles. The van der Waals surface area contributed by atoms with E-state index in [-0.39, 0.29) is 11.9 Å². The van der Waals surface area contributed by atoms with Crippen molar-refractivity contribution in [3.63, 3.8) is 0 Å². The van der Waals surface area contributed by atoms with E-state index in [1.54, 1.807) is 0 Å². The smallest absolute Gasteiger partial charge is 0.308 e. The van der Waals surface area contributed by atoms with Crippen LogP contribution in [0.25, 0.3) is 0 Å². The summed E-state index contributed by atoms with van der Waals surface area (Å²) in [5, 5.41) is 0. The van der Waals surface area contributed by atoms with Crippen LogP contribution in [0, 0.1) is 5.92 Å². The van der Waals surface area contributed by atoms with Gasteiger partial charge >= 0.3 is 5.97 Å². The molecule has 0 rings (SSSR count). The number of hydrogen-bond acceptors (Lipinski definition) is 2. The highest BCUT2D eigenvalue weighted by molar-refractivity contribution is 5.71. The van der Waals surface area contributed by atoms with Crippen LogP contribution in [0.3, 0.4) is 0 Å². The molecular weight excluding hydrogens is 380 g/mol. The van der Waals surface area contributed by atoms with Crippen LogP contribution < -0.4 is 0 Å². The van der Waals surface area contributed by atoms with Crippen LogP contribution in [0.4, 0.5) is 0 Å². The molecule has 0 fully saturated rings. The van der Waals surface area contributed by atoms with Gasteiger partial charge in [-0.3, -0.25) is 4.79 Å². The lowest BCUT2D eigenvalue weighted by Crippen LogP contribution is -2.15. The van der Waals surface area contributed by atoms with E-state index in [1.165, 1.54) is 135 Å². The van der Waals surface area contributed by atoms with Crippen molar-refractivity contribution < 1.29 is 9.53 Å². The Labute approximate surface area is 196 Å². The van der Waals surface area contributed by atoms with E-state index in [4.69, 9.17) is 4.74 Å². The van der Waals surface area contributed by atoms with Crippen molar-refractivity contribution in [2.75, 3.05) is 6.61 Å². The van der Waals surface area contributed by atoms with Crippen molar-refractivity contribution in [2.24, 2.45) is 5.92 Å². The summed E-state index contributed by atoms with van der Waals surface area (Å²) in [6.07, 6.45) is 30.7. The molecule has 2 nitrogen and oxygen atoms in total. The highest BCUT2D eigenvalue weighted by atomic mass is 16.5. The second-order valence-corrected chi connectivity index (χ2v) is 9.93. The number of carbonyl (C=O) groups is 1. The van der Waals surface area contributed by atoms with Crippen molar-refractivity contribution in [2.45, 2.75) is 168 Å². The molecule has 0 aromatic heterocycles. The zero-order valence-electron chi connectivity index (χ0n) is 21.9. The Morgan fingerprint density at radius 2 is 0.839 bits per heavy atom. The molecular formula is C29H58O2. The van der Waals surface area contributed by atoms with Gasteiger partial charge in [-0.2, -0.15) is 0 Å². The molecule has 0 aliphatic carbocycles. The first kappa shape index (κ1) is 30.5. The predicted octanol–water partition coefficient (Wildman–Crippen LogP) is 10.2. The predicted molar refractivity (Wildman–Crippen MR) is 138 cm³/mol. The Morgan fingerprint density at radius 1 is 0.516 bits per heavy atom. The molecule has 0 saturated carbocycles. The Morgan fingerprint density at radius 3 is 1.23 bits per heavy atom. The van der Waals surface area contributed by atoms with Gasteiger partial charge in [0.1, 0.15) is 0 Å². The minimum atomic E-state index is 0.0227. The Bertz CT molecular complexity index is 353. The van der Waals surface area contributed by atoms with E-state index in [1.807, 2.05) is 6.92 Å². The van der Waals surface area contributed by atoms with Crippen molar-refractivity contribution in [3.8, 4) is 0 Å². The lowest BCUT2D eigenvalue weighted by atomic mass is 10.0. The van der Waals surface area contributed by atoms with Crippen LogP contribution in [-0.4, -0.2) is 12.6 Å². The maximum Gasteiger partial charge on any atom is 0.308 e. The fourth-order valence-corrected chi connectivity index (χ4v) is 4.31. The monoisotopic (exact) mass is 438 g/mol. The average molecular weight is 439 g/mol. The summed E-state index contributed by atoms with van der Waals surface area (Å²) in [6.45, 7) is 7.19. The molecule has 0 radical (unpaired) electrons. The number of ether oxygens (including phenoxy) is 1. The normalized spacial score (nSPS) is 12.2. The highest BCUT2D eigenvalue weighted by Gasteiger charge is 2.13. The molecule has 0 aliphatic rings. The second kappa shape index (κ2) is 25.7. The van der Waals surface area contributed by atoms with Gasteiger partial charge in [-0.05, 0) is 12.8 Å². The summed E-state index contributed by atoms with van der Waals surface area (Å²) < 4.78 is 5.48. The third-order valence-electron chi connectivity index (χ3n) is 6.64. The molecule has 0 amide bonds. The summed E-state index contributed by atoms with van der Waals surface area (Å²) in [4.78, 5) is 12.0. The van der Waals surface area contributed by atoms with Gasteiger partial charge in [-0.25, -0.2) is 0 Å². The van der Waals surface area contributed by atoms with Crippen LogP contribution in [0.2, 0.25) is 0 Å². The first-order chi connectivity index (χ1) is 15.2. The molecule has 0 bridgehead atoms. The van der Waals surface area contributed by atoms with E-state index >= 15 is 0 Å². The Kier molecular flexibility index (Phi) is 25.3. The van der Waals surface area contributed by atoms with Gasteiger partial charge < -0.3 is 4.74 Å². The van der Waals surface area contributed by atoms with Crippen LogP contribution in [0.1, 0.15) is 168 Å². The molecule has 0 aliphatic heterocycles. The lowest BCUT2D eigenvalue weighted by molar-refractivity contribution is -0.148. The highest BCUT2D eigenvalue weighted by Crippen LogP contribution is 2.15. The molecule has 0 aromatic carbocycles. The maximum absolute atomic E-state index is 12.0. The summed E-state index contributed by atoms with van der Waals surface area (Å²) in [5.41, 5.74) is 0. The number of carbonyl (C=O) groups excluding carboxylic acids is 1. The minimum Gasteiger partial charge on any atom is -0.465 e. The van der Waals surface area contributed by atoms with Crippen LogP contribution in [-0.2, 0) is 9.53 Å². The van der Waals surface area contributed by atoms with Crippen molar-refractivity contribution in [3.05, 3.63) is 0 Å². The quantitative estimate of drug-likeness (QED) is 0.105. The first-order valence-corrected chi connectivity index (χ1v) is 14.4. The standard InChI is InChI=1S/C29H58O2/c1-4-6-8-10-12-13-14-15-16-17-18-19-20-21-23-25-27-31-29(30)28(3)26-24-22-11-9-7-5-2/h28H,4-27H2,1-3H3. The van der Waals surface area contributed by atoms with E-state index in [0.29, 0.717) is 6.61 Å². The van der Waals surface area contributed by atoms with Crippen LogP contribution >= 0.6 is 0 Å². The largest absolute Gasteiger partial charge is 0.465 e. The topological polar surface area (TPSA) is 26.3 Å². The van der Waals surface area contributed by atoms with Crippen LogP contribution in [0.15, 0.2) is 0 Å². The number of rotatable bonds is 25. The van der Waals surface area contributed by atoms with E-state index in [2.05, 4.69) is 13.8 Å². The summed E-state index contributed by atoms with van der Waals surface area (Å²) in [7, 11) is 0. The third-order valence-corrected chi connectivity index (χ3v) is 6.64. The molecule has 186 valence electrons. The molecule has 31 heavy (non-hydrogen) atoms. The molecule has 1 atom stereocenters. The molecule has 2 heteroatoms. The fourth-order valence-electron chi connectivity index (χ4n) is 4.31. The second-order valence-electron chi connectivity index (χ2n) is 9.93. The van der Waals surface area contributed by atoms with Gasteiger partial charge in [-0.15, -0.1) is 0 Å². The zero-order valence-corrected chi connectivity index (χ0v) is 21.9. The summed E-state index contributed by atoms with van der Waals surface area (Å²) in [5.74, 6) is 0.0988. The van der Waals surface area contributed by atoms with Gasteiger partial charge in [0.2, 0.25) is 0 Å². The van der Waals surface area contributed by atoms with E-state index < -0.39 is 0 Å². The Balaban J connectivity index is 3.23. The van der Waals surface area contributed by atoms with Crippen molar-refractivity contribution in [1.29, 1.82) is 0 Å². The summed E-state index contributed by atoms with van der Waals surface area (Å²) >= 11 is 0. The number of unbranched alkanes of at least 4 members (excludes halogenated alkanes) is 20. The maximum atomic E-state index is 12.0. The molecule has 0 N–H and O–H groups in total. The molecule has 1 unspecified atom stereocenters. The number of esters is 1. The van der Waals surface area contributed by atoms with Gasteiger partial charge in [0, 0.05) is 0 Å². The van der Waals surface area contributed by atoms with Crippen molar-refractivity contribution >= 4 is 5.97 Å². The van der Waals surface area contributed by atoms with Gasteiger partial charge in [0.05, 0.1) is 12.5 Å². The zero-order chi connectivity index (χ0) is 22.8. The van der Waals surface area contributed by atoms with Gasteiger partial charge in [-0.1, -0.05) is 156 Å². The fraction of sp³-hybridized carbons (Fsp3) is 0.966. The van der Waals surface area contributed by atoms with E-state index in [0.717, 1.165) is 12.8 Å². The van der Waals surface area contributed by atoms with E-state index in [9.17, 15) is 4.79 Å². The summed E-state index contributed by atoms with van der Waals surface area (Å²) in [6, 6.07) is 0. The van der Waals surface area contributed by atoms with Gasteiger partial charge in [0.25, 0.3) is 0 Å². The third kappa shape index (κ3) is 24.0. The molecule has 0 saturated heterocycles. The Hall–Kier alpha value is -0.530. The first-order valence-electron chi connectivity index (χ1n) is 14.4. The minimum absolute atomic E-state index is 0.0227. The number of hydrogen-bond donors (Lipinski definition) is 0.